The Bertz CT molecular complexity index is 2610. The Labute approximate surface area is 391 Å². The Morgan fingerprint density at radius 3 is 1.44 bits per heavy atom. The van der Waals surface area contributed by atoms with Crippen LogP contribution in [0.3, 0.4) is 0 Å². The molecule has 0 saturated heterocycles. The second kappa shape index (κ2) is 26.1. The van der Waals surface area contributed by atoms with E-state index in [1.54, 1.807) is 67.6 Å². The van der Waals surface area contributed by atoms with Crippen LogP contribution in [-0.2, 0) is 0 Å². The molecule has 0 fully saturated rings. The van der Waals surface area contributed by atoms with Crippen molar-refractivity contribution in [2.24, 2.45) is 10.2 Å². The third kappa shape index (κ3) is 14.9. The summed E-state index contributed by atoms with van der Waals surface area (Å²) in [6, 6.07) is 48.6. The Balaban J connectivity index is 0.000000276. The second-order valence-corrected chi connectivity index (χ2v) is 15.0. The minimum atomic E-state index is -0.154. The van der Waals surface area contributed by atoms with Crippen LogP contribution in [0.5, 0.6) is 0 Å². The Morgan fingerprint density at radius 1 is 0.591 bits per heavy atom. The van der Waals surface area contributed by atoms with E-state index in [9.17, 15) is 9.59 Å². The number of anilines is 5. The molecule has 7 aromatic rings. The van der Waals surface area contributed by atoms with Crippen molar-refractivity contribution in [1.29, 1.82) is 0 Å². The number of nitrogens with two attached hydrogens (primary N) is 5. The number of aromatic nitrogens is 2. The highest BCUT2D eigenvalue weighted by atomic mass is 35.5. The van der Waals surface area contributed by atoms with Crippen molar-refractivity contribution in [3.05, 3.63) is 196 Å². The van der Waals surface area contributed by atoms with Crippen LogP contribution in [0.2, 0.25) is 5.02 Å². The van der Waals surface area contributed by atoms with Gasteiger partial charge in [0, 0.05) is 47.7 Å². The van der Waals surface area contributed by atoms with Gasteiger partial charge in [-0.3, -0.25) is 9.59 Å². The van der Waals surface area contributed by atoms with Gasteiger partial charge in [-0.25, -0.2) is 9.97 Å². The summed E-state index contributed by atoms with van der Waals surface area (Å²) in [6.45, 7) is 2.85. The molecule has 7 rings (SSSR count). The van der Waals surface area contributed by atoms with Gasteiger partial charge in [-0.05, 0) is 103 Å². The first-order valence-electron chi connectivity index (χ1n) is 20.9. The van der Waals surface area contributed by atoms with Crippen LogP contribution in [0, 0.1) is 0 Å². The van der Waals surface area contributed by atoms with Gasteiger partial charge in [0.1, 0.15) is 23.1 Å². The number of amides is 2. The molecular formula is C51H58ClN11O3. The molecule has 0 bridgehead atoms. The van der Waals surface area contributed by atoms with Crippen molar-refractivity contribution >= 4 is 63.7 Å². The number of nitrogens with zero attached hydrogens (tertiary/aromatic N) is 4. The van der Waals surface area contributed by atoms with Gasteiger partial charge >= 0.3 is 0 Å². The van der Waals surface area contributed by atoms with Crippen LogP contribution in [0.25, 0.3) is 0 Å². The lowest BCUT2D eigenvalue weighted by Crippen LogP contribution is -2.26. The third-order valence-electron chi connectivity index (χ3n) is 9.96. The second-order valence-electron chi connectivity index (χ2n) is 14.5. The maximum absolute atomic E-state index is 12.6. The molecule has 342 valence electrons. The van der Waals surface area contributed by atoms with E-state index < -0.39 is 0 Å². The zero-order valence-electron chi connectivity index (χ0n) is 36.0. The first kappa shape index (κ1) is 50.8. The van der Waals surface area contributed by atoms with Gasteiger partial charge in [0.05, 0.1) is 11.4 Å². The monoisotopic (exact) mass is 907 g/mol. The maximum atomic E-state index is 12.6. The first-order chi connectivity index (χ1) is 31.5. The number of halogens is 1. The number of aliphatic hydroxyl groups excluding tert-OH is 1. The molecule has 0 saturated carbocycles. The molecule has 0 aliphatic heterocycles. The van der Waals surface area contributed by atoms with Crippen molar-refractivity contribution in [3.63, 3.8) is 0 Å². The van der Waals surface area contributed by atoms with Gasteiger partial charge in [-0.15, -0.1) is 5.11 Å². The van der Waals surface area contributed by atoms with Crippen molar-refractivity contribution in [1.82, 2.24) is 20.6 Å². The Hall–Kier alpha value is -7.81. The van der Waals surface area contributed by atoms with Crippen molar-refractivity contribution in [3.8, 4) is 0 Å². The number of hydrogen-bond donors (Lipinski definition) is 8. The molecule has 15 heteroatoms. The number of benzene rings is 5. The van der Waals surface area contributed by atoms with Crippen LogP contribution in [0.15, 0.2) is 168 Å². The lowest BCUT2D eigenvalue weighted by molar-refractivity contribution is 0.0944. The molecule has 0 aliphatic rings. The number of aliphatic hydroxyl groups is 1. The van der Waals surface area contributed by atoms with E-state index in [4.69, 9.17) is 45.4 Å². The van der Waals surface area contributed by atoms with Gasteiger partial charge in [-0.2, -0.15) is 5.11 Å². The summed E-state index contributed by atoms with van der Waals surface area (Å²) >= 11 is 5.97. The standard InChI is InChI=1S/C27H25ClN6O.C21H23N5O.C2H6O.CH4/c28-20-11-13-21(14-12-20)33-34-25-23(17-24(29)32-26(25)30)22(18-7-3-1-4-8-18)15-16-31-27(35)19-9-5-2-6-10-19;22-18-13-17(19(23)20(24)26-18)16(14-7-3-1-4-8-14)11-12-25-21(27)15-9-5-2-6-10-15;1-2-3;/h1-14,17,22H,15-16H2,(H,31,35)(H4,29,30,32);1-10,13,16H,11-12,23H2,(H,25,27)(H4,22,24,26);3H,2H2,1H3;1H4. The summed E-state index contributed by atoms with van der Waals surface area (Å²) in [6.07, 6.45) is 1.24. The molecule has 5 aromatic carbocycles. The van der Waals surface area contributed by atoms with Crippen LogP contribution < -0.4 is 39.3 Å². The lowest BCUT2D eigenvalue weighted by Gasteiger charge is -2.21. The molecule has 14 nitrogen and oxygen atoms in total. The number of pyridine rings is 2. The zero-order chi connectivity index (χ0) is 46.6. The molecule has 0 aliphatic carbocycles. The molecule has 2 unspecified atom stereocenters. The predicted molar refractivity (Wildman–Crippen MR) is 269 cm³/mol. The third-order valence-corrected chi connectivity index (χ3v) is 10.2. The van der Waals surface area contributed by atoms with E-state index in [0.29, 0.717) is 65.0 Å². The van der Waals surface area contributed by atoms with Gasteiger partial charge in [-0.1, -0.05) is 116 Å². The molecule has 2 atom stereocenters. The fourth-order valence-corrected chi connectivity index (χ4v) is 7.04. The Kier molecular flexibility index (Phi) is 20.1. The average molecular weight is 909 g/mol. The topological polar surface area (TPSA) is 259 Å². The van der Waals surface area contributed by atoms with Crippen LogP contribution >= 0.6 is 11.6 Å². The van der Waals surface area contributed by atoms with E-state index in [0.717, 1.165) is 22.3 Å². The number of nitrogens with one attached hydrogen (secondary N) is 2. The molecule has 2 aromatic heterocycles. The number of azo groups is 1. The normalized spacial score (nSPS) is 11.4. The smallest absolute Gasteiger partial charge is 0.251 e. The summed E-state index contributed by atoms with van der Waals surface area (Å²) in [4.78, 5) is 33.1. The number of hydrogen-bond acceptors (Lipinski definition) is 12. The van der Waals surface area contributed by atoms with Crippen molar-refractivity contribution in [2.75, 3.05) is 48.4 Å². The molecular weight excluding hydrogens is 850 g/mol. The zero-order valence-corrected chi connectivity index (χ0v) is 36.8. The van der Waals surface area contributed by atoms with E-state index in [1.807, 2.05) is 97.1 Å². The summed E-state index contributed by atoms with van der Waals surface area (Å²) < 4.78 is 0. The average Bonchev–Trinajstić information content (AvgIpc) is 3.32. The van der Waals surface area contributed by atoms with Gasteiger partial charge < -0.3 is 44.4 Å². The highest BCUT2D eigenvalue weighted by molar-refractivity contribution is 6.30. The summed E-state index contributed by atoms with van der Waals surface area (Å²) in [5, 5.41) is 22.9. The van der Waals surface area contributed by atoms with Crippen LogP contribution in [-0.4, -0.2) is 46.6 Å². The summed E-state index contributed by atoms with van der Waals surface area (Å²) in [5.41, 5.74) is 36.7. The number of nitrogen functional groups attached to an aromatic ring is 5. The molecule has 0 radical (unpaired) electrons. The van der Waals surface area contributed by atoms with E-state index in [-0.39, 0.29) is 55.1 Å². The van der Waals surface area contributed by atoms with Gasteiger partial charge in [0.2, 0.25) is 0 Å². The molecule has 13 N–H and O–H groups in total. The van der Waals surface area contributed by atoms with E-state index in [1.165, 1.54) is 0 Å². The summed E-state index contributed by atoms with van der Waals surface area (Å²) in [5.74, 6) is 0.571. The van der Waals surface area contributed by atoms with Crippen molar-refractivity contribution < 1.29 is 14.7 Å². The van der Waals surface area contributed by atoms with E-state index >= 15 is 0 Å². The fraction of sp³-hybridized carbons (Fsp3) is 0.176. The lowest BCUT2D eigenvalue weighted by atomic mass is 9.87. The number of rotatable bonds is 14. The summed E-state index contributed by atoms with van der Waals surface area (Å²) in [7, 11) is 0. The minimum absolute atomic E-state index is 0. The highest BCUT2D eigenvalue weighted by Gasteiger charge is 2.22. The Morgan fingerprint density at radius 2 is 0.985 bits per heavy atom. The minimum Gasteiger partial charge on any atom is -0.397 e. The maximum Gasteiger partial charge on any atom is 0.251 e. The molecule has 2 heterocycles. The number of carbonyl (C=O) groups excluding carboxylic acids is 2. The quantitative estimate of drug-likeness (QED) is 0.0479. The molecule has 0 spiro atoms. The molecule has 66 heavy (non-hydrogen) atoms. The van der Waals surface area contributed by atoms with Gasteiger partial charge in [0.25, 0.3) is 11.8 Å². The van der Waals surface area contributed by atoms with Crippen LogP contribution in [0.4, 0.5) is 40.3 Å². The van der Waals surface area contributed by atoms with Crippen LogP contribution in [0.1, 0.15) is 82.0 Å². The number of carbonyl (C=O) groups is 2. The highest BCUT2D eigenvalue weighted by Crippen LogP contribution is 2.39. The SMILES string of the molecule is C.CCO.Nc1cc(C(CCNC(=O)c2ccccc2)c2ccccc2)c(N)c(N)n1.Nc1cc(C(CCNC(=O)c2ccccc2)c2ccccc2)c(N=Nc2ccc(Cl)cc2)c(N)n1. The molecule has 2 amide bonds. The van der Waals surface area contributed by atoms with Gasteiger partial charge in [0.15, 0.2) is 5.82 Å². The largest absolute Gasteiger partial charge is 0.397 e. The fourth-order valence-electron chi connectivity index (χ4n) is 6.91. The van der Waals surface area contributed by atoms with Crippen molar-refractivity contribution in [2.45, 2.75) is 39.0 Å². The predicted octanol–water partition coefficient (Wildman–Crippen LogP) is 9.68. The first-order valence-corrected chi connectivity index (χ1v) is 21.3. The van der Waals surface area contributed by atoms with E-state index in [2.05, 4.69) is 30.8 Å².